The lowest BCUT2D eigenvalue weighted by molar-refractivity contribution is 0.0981. The van der Waals surface area contributed by atoms with E-state index in [1.54, 1.807) is 6.07 Å². The number of carbonyl (C=O) groups excluding carboxylic acids is 1. The Hall–Kier alpha value is -2.70. The molecule has 3 rings (SSSR count). The summed E-state index contributed by atoms with van der Waals surface area (Å²) >= 11 is 0. The molecule has 1 fully saturated rings. The van der Waals surface area contributed by atoms with Gasteiger partial charge in [0.1, 0.15) is 11.9 Å². The Kier molecular flexibility index (Phi) is 7.69. The largest absolute Gasteiger partial charge is 0.446 e. The van der Waals surface area contributed by atoms with Crippen LogP contribution >= 0.6 is 0 Å². The minimum atomic E-state index is -3.90. The lowest BCUT2D eigenvalue weighted by Crippen LogP contribution is -2.33. The Morgan fingerprint density at radius 2 is 2.12 bits per heavy atom. The van der Waals surface area contributed by atoms with Gasteiger partial charge in [0.15, 0.2) is 5.82 Å². The van der Waals surface area contributed by atoms with Crippen LogP contribution in [-0.4, -0.2) is 55.1 Å². The van der Waals surface area contributed by atoms with Crippen molar-refractivity contribution < 1.29 is 27.4 Å². The van der Waals surface area contributed by atoms with Gasteiger partial charge >= 0.3 is 6.09 Å². The molecule has 1 heterocycles. The molecule has 5 N–H and O–H groups in total. The number of anilines is 2. The van der Waals surface area contributed by atoms with E-state index in [9.17, 15) is 17.6 Å². The van der Waals surface area contributed by atoms with Crippen LogP contribution in [0.1, 0.15) is 44.7 Å². The van der Waals surface area contributed by atoms with Crippen LogP contribution in [0.5, 0.6) is 0 Å². The zero-order valence-corrected chi connectivity index (χ0v) is 18.7. The quantitative estimate of drug-likeness (QED) is 0.379. The number of alkyl carbamates (subject to hydrolysis) is 1. The number of rotatable bonds is 9. The van der Waals surface area contributed by atoms with Crippen molar-refractivity contribution >= 4 is 27.6 Å². The number of ether oxygens (including phenoxy) is 1. The summed E-state index contributed by atoms with van der Waals surface area (Å²) in [7, 11) is -3.90. The topological polar surface area (TPSA) is 145 Å². The van der Waals surface area contributed by atoms with Crippen LogP contribution in [0.2, 0.25) is 0 Å². The number of benzene rings is 1. The number of nitrogens with zero attached hydrogens (tertiary/aromatic N) is 1. The highest BCUT2D eigenvalue weighted by Gasteiger charge is 2.30. The minimum Gasteiger partial charge on any atom is -0.446 e. The molecule has 10 nitrogen and oxygen atoms in total. The van der Waals surface area contributed by atoms with Gasteiger partial charge < -0.3 is 20.5 Å². The van der Waals surface area contributed by atoms with E-state index >= 15 is 0 Å². The molecule has 0 saturated heterocycles. The highest BCUT2D eigenvalue weighted by molar-refractivity contribution is 7.89. The predicted molar refractivity (Wildman–Crippen MR) is 116 cm³/mol. The summed E-state index contributed by atoms with van der Waals surface area (Å²) < 4.78 is 46.2. The molecule has 0 spiro atoms. The molecule has 1 aromatic heterocycles. The Balaban J connectivity index is 1.60. The second kappa shape index (κ2) is 10.3. The normalized spacial score (nSPS) is 18.7. The SMILES string of the molecule is CC(C)NC(=O)O[C@H]1CC[C@@H](c2cc(Nc3ccc(S(=O)(=O)NCCO)cc3F)n[nH]2)C1. The van der Waals surface area contributed by atoms with Crippen molar-refractivity contribution in [1.82, 2.24) is 20.2 Å². The third-order valence-electron chi connectivity index (χ3n) is 5.02. The van der Waals surface area contributed by atoms with Crippen molar-refractivity contribution in [3.8, 4) is 0 Å². The van der Waals surface area contributed by atoms with E-state index in [1.165, 1.54) is 12.1 Å². The zero-order valence-electron chi connectivity index (χ0n) is 17.9. The molecular formula is C20H28FN5O5S. The van der Waals surface area contributed by atoms with Crippen molar-refractivity contribution in [3.05, 3.63) is 35.8 Å². The van der Waals surface area contributed by atoms with Crippen molar-refractivity contribution in [2.75, 3.05) is 18.5 Å². The maximum atomic E-state index is 14.5. The summed E-state index contributed by atoms with van der Waals surface area (Å²) in [5.74, 6) is -0.244. The minimum absolute atomic E-state index is 0.00677. The molecule has 32 heavy (non-hydrogen) atoms. The number of aromatic nitrogens is 2. The van der Waals surface area contributed by atoms with Crippen LogP contribution < -0.4 is 15.4 Å². The van der Waals surface area contributed by atoms with Crippen LogP contribution in [0.25, 0.3) is 0 Å². The smallest absolute Gasteiger partial charge is 0.407 e. The molecule has 176 valence electrons. The lowest BCUT2D eigenvalue weighted by Gasteiger charge is -2.14. The first kappa shape index (κ1) is 24.0. The Labute approximate surface area is 186 Å². The summed E-state index contributed by atoms with van der Waals surface area (Å²) in [6, 6.07) is 5.24. The van der Waals surface area contributed by atoms with Gasteiger partial charge in [-0.3, -0.25) is 5.10 Å². The first-order valence-electron chi connectivity index (χ1n) is 10.4. The van der Waals surface area contributed by atoms with Gasteiger partial charge in [0.25, 0.3) is 0 Å². The highest BCUT2D eigenvalue weighted by Crippen LogP contribution is 2.36. The summed E-state index contributed by atoms with van der Waals surface area (Å²) in [5.41, 5.74) is 0.915. The predicted octanol–water partition coefficient (Wildman–Crippen LogP) is 2.33. The second-order valence-electron chi connectivity index (χ2n) is 7.93. The van der Waals surface area contributed by atoms with Gasteiger partial charge in [-0.05, 0) is 51.3 Å². The van der Waals surface area contributed by atoms with Gasteiger partial charge in [-0.1, -0.05) is 0 Å². The Morgan fingerprint density at radius 1 is 1.34 bits per heavy atom. The molecule has 1 aliphatic carbocycles. The van der Waals surface area contributed by atoms with Crippen molar-refractivity contribution in [2.45, 2.75) is 56.1 Å². The number of sulfonamides is 1. The number of hydrogen-bond donors (Lipinski definition) is 5. The van der Waals surface area contributed by atoms with E-state index in [4.69, 9.17) is 9.84 Å². The van der Waals surface area contributed by atoms with Crippen LogP contribution in [0.4, 0.5) is 20.7 Å². The number of nitrogens with one attached hydrogen (secondary N) is 4. The average molecular weight is 470 g/mol. The van der Waals surface area contributed by atoms with Crippen molar-refractivity contribution in [1.29, 1.82) is 0 Å². The number of halogens is 1. The molecule has 1 amide bonds. The van der Waals surface area contributed by atoms with Crippen LogP contribution in [0.3, 0.4) is 0 Å². The van der Waals surface area contributed by atoms with Gasteiger partial charge in [0.2, 0.25) is 10.0 Å². The molecule has 2 atom stereocenters. The van der Waals surface area contributed by atoms with E-state index in [0.717, 1.165) is 24.6 Å². The first-order valence-corrected chi connectivity index (χ1v) is 11.9. The summed E-state index contributed by atoms with van der Waals surface area (Å²) in [6.45, 7) is 3.21. The van der Waals surface area contributed by atoms with Crippen molar-refractivity contribution in [3.63, 3.8) is 0 Å². The van der Waals surface area contributed by atoms with Gasteiger partial charge in [-0.25, -0.2) is 22.3 Å². The molecule has 12 heteroatoms. The monoisotopic (exact) mass is 469 g/mol. The number of carbonyl (C=O) groups is 1. The van der Waals surface area contributed by atoms with Gasteiger partial charge in [-0.15, -0.1) is 0 Å². The van der Waals surface area contributed by atoms with E-state index in [2.05, 4.69) is 25.6 Å². The van der Waals surface area contributed by atoms with E-state index in [0.29, 0.717) is 12.2 Å². The second-order valence-corrected chi connectivity index (χ2v) is 9.70. The van der Waals surface area contributed by atoms with Crippen molar-refractivity contribution in [2.24, 2.45) is 0 Å². The summed E-state index contributed by atoms with van der Waals surface area (Å²) in [4.78, 5) is 11.5. The Bertz CT molecular complexity index is 1040. The fourth-order valence-electron chi connectivity index (χ4n) is 3.53. The van der Waals surface area contributed by atoms with Crippen LogP contribution in [-0.2, 0) is 14.8 Å². The van der Waals surface area contributed by atoms with E-state index in [-0.39, 0.29) is 41.8 Å². The Morgan fingerprint density at radius 3 is 2.81 bits per heavy atom. The number of aromatic amines is 1. The number of aliphatic hydroxyl groups excluding tert-OH is 1. The molecule has 1 aliphatic rings. The standard InChI is InChI=1S/C20H28FN5O5S/c1-12(2)23-20(28)31-14-4-3-13(9-14)18-11-19(26-25-18)24-17-6-5-15(10-16(17)21)32(29,30)22-7-8-27/h5-6,10-14,22,27H,3-4,7-9H2,1-2H3,(H,23,28)(H2,24,25,26)/t13-,14+/m1/s1. The summed E-state index contributed by atoms with van der Waals surface area (Å²) in [6.07, 6.45) is 1.63. The molecule has 2 aromatic rings. The zero-order chi connectivity index (χ0) is 23.3. The third kappa shape index (κ3) is 6.17. The third-order valence-corrected chi connectivity index (χ3v) is 6.48. The molecule has 1 saturated carbocycles. The first-order chi connectivity index (χ1) is 15.2. The molecule has 0 bridgehead atoms. The van der Waals surface area contributed by atoms with Crippen LogP contribution in [0, 0.1) is 5.82 Å². The number of amides is 1. The maximum absolute atomic E-state index is 14.5. The number of aliphatic hydroxyl groups is 1. The van der Waals surface area contributed by atoms with E-state index in [1.807, 2.05) is 13.8 Å². The molecule has 0 aliphatic heterocycles. The molecule has 1 aromatic carbocycles. The molecule has 0 unspecified atom stereocenters. The van der Waals surface area contributed by atoms with E-state index < -0.39 is 21.9 Å². The fourth-order valence-corrected chi connectivity index (χ4v) is 4.56. The molecular weight excluding hydrogens is 441 g/mol. The number of hydrogen-bond acceptors (Lipinski definition) is 7. The summed E-state index contributed by atoms with van der Waals surface area (Å²) in [5, 5.41) is 21.4. The lowest BCUT2D eigenvalue weighted by atomic mass is 10.0. The fraction of sp³-hybridized carbons (Fsp3) is 0.500. The van der Waals surface area contributed by atoms with Crippen LogP contribution in [0.15, 0.2) is 29.2 Å². The van der Waals surface area contributed by atoms with Gasteiger partial charge in [0.05, 0.1) is 17.2 Å². The number of H-pyrrole nitrogens is 1. The average Bonchev–Trinajstić information content (AvgIpc) is 3.36. The molecule has 0 radical (unpaired) electrons. The van der Waals surface area contributed by atoms with Gasteiger partial charge in [-0.2, -0.15) is 5.10 Å². The maximum Gasteiger partial charge on any atom is 0.407 e. The highest BCUT2D eigenvalue weighted by atomic mass is 32.2. The van der Waals surface area contributed by atoms with Gasteiger partial charge in [0, 0.05) is 30.3 Å².